The Bertz CT molecular complexity index is 1580. The minimum absolute atomic E-state index is 0.0453. The Morgan fingerprint density at radius 3 is 2.57 bits per heavy atom. The van der Waals surface area contributed by atoms with E-state index in [2.05, 4.69) is 15.6 Å². The zero-order valence-corrected chi connectivity index (χ0v) is 25.5. The molecule has 1 aromatic heterocycles. The Morgan fingerprint density at radius 2 is 1.89 bits per heavy atom. The maximum atomic E-state index is 14.7. The van der Waals surface area contributed by atoms with Crippen molar-refractivity contribution >= 4 is 40.7 Å². The molecule has 14 heteroatoms. The minimum Gasteiger partial charge on any atom is -0.476 e. The fourth-order valence-corrected chi connectivity index (χ4v) is 6.02. The van der Waals surface area contributed by atoms with E-state index in [4.69, 9.17) is 33.2 Å². The van der Waals surface area contributed by atoms with Crippen LogP contribution in [0.3, 0.4) is 0 Å². The second kappa shape index (κ2) is 13.8. The first-order chi connectivity index (χ1) is 21.2. The van der Waals surface area contributed by atoms with Crippen LogP contribution in [0.15, 0.2) is 36.5 Å². The standard InChI is InChI=1S/C30H32Cl2FN7O4/c1-38-23(21-4-5-24(44-15-8-34)26(33)25(21)32)17-36-27(38)28(41)37-19-2-3-20(22(31)16-19)30(43)40-13-11-39(12-14-40)29(42)18-6-9-35-10-7-18/h2-5,16-18,28,35,37,41H,6-7,9-15H2,1H3. The lowest BCUT2D eigenvalue weighted by Gasteiger charge is -2.37. The molecule has 1 unspecified atom stereocenters. The molecule has 2 amide bonds. The van der Waals surface area contributed by atoms with Gasteiger partial charge < -0.3 is 34.8 Å². The number of aliphatic hydroxyl groups excluding tert-OH is 1. The van der Waals surface area contributed by atoms with Crippen molar-refractivity contribution in [2.24, 2.45) is 13.0 Å². The van der Waals surface area contributed by atoms with E-state index in [1.807, 2.05) is 4.90 Å². The van der Waals surface area contributed by atoms with Gasteiger partial charge in [0.05, 0.1) is 27.5 Å². The smallest absolute Gasteiger partial charge is 0.255 e. The van der Waals surface area contributed by atoms with Gasteiger partial charge in [-0.25, -0.2) is 9.37 Å². The number of hydrogen-bond acceptors (Lipinski definition) is 8. The van der Waals surface area contributed by atoms with Crippen molar-refractivity contribution in [2.45, 2.75) is 19.1 Å². The van der Waals surface area contributed by atoms with E-state index in [0.717, 1.165) is 25.9 Å². The Labute approximate surface area is 264 Å². The highest BCUT2D eigenvalue weighted by atomic mass is 35.5. The first-order valence-corrected chi connectivity index (χ1v) is 15.0. The summed E-state index contributed by atoms with van der Waals surface area (Å²) in [5.41, 5.74) is 1.53. The molecule has 2 saturated heterocycles. The third kappa shape index (κ3) is 6.61. The number of carbonyl (C=O) groups excluding carboxylic acids is 2. The summed E-state index contributed by atoms with van der Waals surface area (Å²) in [6, 6.07) is 9.46. The van der Waals surface area contributed by atoms with Gasteiger partial charge in [0, 0.05) is 50.4 Å². The number of hydrogen-bond donors (Lipinski definition) is 3. The Kier molecular flexibility index (Phi) is 9.90. The summed E-state index contributed by atoms with van der Waals surface area (Å²) in [6.07, 6.45) is 1.85. The van der Waals surface area contributed by atoms with E-state index in [9.17, 15) is 19.1 Å². The van der Waals surface area contributed by atoms with Crippen LogP contribution in [-0.2, 0) is 11.8 Å². The lowest BCUT2D eigenvalue weighted by atomic mass is 9.96. The Hall–Kier alpha value is -3.89. The van der Waals surface area contributed by atoms with Crippen LogP contribution in [0.25, 0.3) is 11.3 Å². The molecule has 3 aromatic rings. The number of imidazole rings is 1. The van der Waals surface area contributed by atoms with Crippen LogP contribution in [0.1, 0.15) is 35.3 Å². The molecule has 11 nitrogen and oxygen atoms in total. The van der Waals surface area contributed by atoms with Crippen molar-refractivity contribution in [1.82, 2.24) is 24.7 Å². The molecule has 2 aliphatic rings. The number of piperidine rings is 1. The van der Waals surface area contributed by atoms with E-state index in [0.29, 0.717) is 48.7 Å². The highest BCUT2D eigenvalue weighted by molar-refractivity contribution is 6.34. The second-order valence-electron chi connectivity index (χ2n) is 10.6. The second-order valence-corrected chi connectivity index (χ2v) is 11.4. The summed E-state index contributed by atoms with van der Waals surface area (Å²) in [5, 5.41) is 25.8. The molecule has 0 bridgehead atoms. The van der Waals surface area contributed by atoms with Gasteiger partial charge in [-0.15, -0.1) is 0 Å². The van der Waals surface area contributed by atoms with E-state index in [1.54, 1.807) is 46.8 Å². The molecule has 3 heterocycles. The van der Waals surface area contributed by atoms with E-state index in [1.165, 1.54) is 12.3 Å². The third-order valence-corrected chi connectivity index (χ3v) is 8.64. The molecule has 0 spiro atoms. The molecule has 0 saturated carbocycles. The van der Waals surface area contributed by atoms with Crippen molar-refractivity contribution in [3.63, 3.8) is 0 Å². The minimum atomic E-state index is -1.28. The average Bonchev–Trinajstić information content (AvgIpc) is 3.42. The lowest BCUT2D eigenvalue weighted by Crippen LogP contribution is -2.52. The first-order valence-electron chi connectivity index (χ1n) is 14.2. The highest BCUT2D eigenvalue weighted by Crippen LogP contribution is 2.36. The number of benzene rings is 2. The van der Waals surface area contributed by atoms with Crippen LogP contribution >= 0.6 is 23.2 Å². The predicted molar refractivity (Wildman–Crippen MR) is 163 cm³/mol. The van der Waals surface area contributed by atoms with Crippen LogP contribution in [0.2, 0.25) is 10.0 Å². The number of halogens is 3. The van der Waals surface area contributed by atoms with E-state index in [-0.39, 0.29) is 46.0 Å². The van der Waals surface area contributed by atoms with Gasteiger partial charge in [-0.2, -0.15) is 5.26 Å². The van der Waals surface area contributed by atoms with Gasteiger partial charge in [-0.3, -0.25) is 9.59 Å². The van der Waals surface area contributed by atoms with Crippen molar-refractivity contribution in [3.05, 3.63) is 63.8 Å². The number of nitrogens with zero attached hydrogens (tertiary/aromatic N) is 5. The number of amides is 2. The molecule has 3 N–H and O–H groups in total. The largest absolute Gasteiger partial charge is 0.476 e. The summed E-state index contributed by atoms with van der Waals surface area (Å²) < 4.78 is 21.3. The SMILES string of the molecule is Cn1c(-c2ccc(OCC#N)c(F)c2Cl)cnc1C(O)Nc1ccc(C(=O)N2CCN(C(=O)C3CCNCC3)CC2)c(Cl)c1. The van der Waals surface area contributed by atoms with Crippen LogP contribution in [0, 0.1) is 23.1 Å². The molecule has 5 rings (SSSR count). The van der Waals surface area contributed by atoms with Crippen molar-refractivity contribution in [2.75, 3.05) is 51.2 Å². The van der Waals surface area contributed by atoms with Crippen molar-refractivity contribution in [1.29, 1.82) is 5.26 Å². The number of ether oxygens (including phenoxy) is 1. The molecule has 1 atom stereocenters. The van der Waals surface area contributed by atoms with Gasteiger partial charge in [-0.1, -0.05) is 23.2 Å². The number of aliphatic hydroxyl groups is 1. The molecule has 232 valence electrons. The number of carbonyl (C=O) groups is 2. The van der Waals surface area contributed by atoms with Crippen molar-refractivity contribution < 1.29 is 23.8 Å². The summed E-state index contributed by atoms with van der Waals surface area (Å²) in [5.74, 6) is -0.748. The van der Waals surface area contributed by atoms with Crippen molar-refractivity contribution in [3.8, 4) is 23.1 Å². The predicted octanol–water partition coefficient (Wildman–Crippen LogP) is 3.82. The summed E-state index contributed by atoms with van der Waals surface area (Å²) >= 11 is 12.8. The fourth-order valence-electron chi connectivity index (χ4n) is 5.51. The molecule has 0 radical (unpaired) electrons. The summed E-state index contributed by atoms with van der Waals surface area (Å²) in [7, 11) is 1.64. The number of anilines is 1. The van der Waals surface area contributed by atoms with Crippen LogP contribution in [-0.4, -0.2) is 82.1 Å². The monoisotopic (exact) mass is 643 g/mol. The summed E-state index contributed by atoms with van der Waals surface area (Å²) in [4.78, 5) is 33.9. The lowest BCUT2D eigenvalue weighted by molar-refractivity contribution is -0.137. The Balaban J connectivity index is 1.21. The van der Waals surface area contributed by atoms with Gasteiger partial charge in [-0.05, 0) is 56.3 Å². The normalized spacial score (nSPS) is 16.4. The molecular formula is C30H32Cl2FN7O4. The maximum Gasteiger partial charge on any atom is 0.255 e. The zero-order valence-electron chi connectivity index (χ0n) is 24.0. The topological polar surface area (TPSA) is 136 Å². The first kappa shape index (κ1) is 31.5. The van der Waals surface area contributed by atoms with E-state index >= 15 is 0 Å². The third-order valence-electron chi connectivity index (χ3n) is 7.95. The molecular weight excluding hydrogens is 612 g/mol. The van der Waals surface area contributed by atoms with Gasteiger partial charge >= 0.3 is 0 Å². The van der Waals surface area contributed by atoms with E-state index < -0.39 is 12.0 Å². The average molecular weight is 645 g/mol. The number of nitriles is 1. The number of nitrogens with one attached hydrogen (secondary N) is 2. The quantitative estimate of drug-likeness (QED) is 0.315. The van der Waals surface area contributed by atoms with Crippen LogP contribution < -0.4 is 15.4 Å². The Morgan fingerprint density at radius 1 is 1.18 bits per heavy atom. The van der Waals surface area contributed by atoms with Gasteiger partial charge in [0.25, 0.3) is 5.91 Å². The number of piperazine rings is 1. The highest BCUT2D eigenvalue weighted by Gasteiger charge is 2.30. The zero-order chi connectivity index (χ0) is 31.4. The molecule has 0 aliphatic carbocycles. The number of rotatable bonds is 8. The molecule has 2 aromatic carbocycles. The van der Waals surface area contributed by atoms with Crippen LogP contribution in [0.4, 0.5) is 10.1 Å². The van der Waals surface area contributed by atoms with Crippen LogP contribution in [0.5, 0.6) is 5.75 Å². The molecule has 2 fully saturated rings. The molecule has 2 aliphatic heterocycles. The maximum absolute atomic E-state index is 14.7. The summed E-state index contributed by atoms with van der Waals surface area (Å²) in [6.45, 7) is 3.21. The van der Waals surface area contributed by atoms with Gasteiger partial charge in [0.1, 0.15) is 6.07 Å². The van der Waals surface area contributed by atoms with Gasteiger partial charge in [0.15, 0.2) is 30.2 Å². The molecule has 44 heavy (non-hydrogen) atoms. The fraction of sp³-hybridized carbons (Fsp3) is 0.400. The van der Waals surface area contributed by atoms with Gasteiger partial charge in [0.2, 0.25) is 5.91 Å². The number of aromatic nitrogens is 2.